The summed E-state index contributed by atoms with van der Waals surface area (Å²) in [5.41, 5.74) is 1.46. The Kier molecular flexibility index (Phi) is 6.37. The first-order chi connectivity index (χ1) is 16.8. The van der Waals surface area contributed by atoms with Gasteiger partial charge in [0, 0.05) is 48.8 Å². The van der Waals surface area contributed by atoms with Crippen molar-refractivity contribution >= 4 is 21.1 Å². The quantitative estimate of drug-likeness (QED) is 0.529. The van der Waals surface area contributed by atoms with Gasteiger partial charge in [-0.1, -0.05) is 0 Å². The van der Waals surface area contributed by atoms with Crippen molar-refractivity contribution in [3.05, 3.63) is 63.6 Å². The second-order valence-corrected chi connectivity index (χ2v) is 10.3. The molecule has 0 spiro atoms. The first-order valence-corrected chi connectivity index (χ1v) is 12.2. The zero-order valence-corrected chi connectivity index (χ0v) is 20.7. The average molecular weight is 498 g/mol. The molecular weight excluding hydrogens is 470 g/mol. The molecular formula is C25H27F2N4O3Si. The number of nitrogens with zero attached hydrogens (tertiary/aromatic N) is 3. The number of halogens is 2. The summed E-state index contributed by atoms with van der Waals surface area (Å²) in [6, 6.07) is 4.64. The van der Waals surface area contributed by atoms with Crippen LogP contribution in [0.5, 0.6) is 11.6 Å². The van der Waals surface area contributed by atoms with Gasteiger partial charge in [0.25, 0.3) is 0 Å². The van der Waals surface area contributed by atoms with Gasteiger partial charge in [0.2, 0.25) is 11.7 Å². The van der Waals surface area contributed by atoms with Gasteiger partial charge in [0.15, 0.2) is 17.0 Å². The van der Waals surface area contributed by atoms with Crippen LogP contribution in [-0.4, -0.2) is 56.7 Å². The van der Waals surface area contributed by atoms with E-state index in [4.69, 9.17) is 9.47 Å². The summed E-state index contributed by atoms with van der Waals surface area (Å²) in [5, 5.41) is 3.16. The number of rotatable bonds is 6. The van der Waals surface area contributed by atoms with Crippen LogP contribution in [-0.2, 0) is 13.1 Å². The van der Waals surface area contributed by atoms with E-state index in [1.807, 2.05) is 23.6 Å². The Morgan fingerprint density at radius 3 is 2.94 bits per heavy atom. The number of ether oxygens (including phenoxy) is 2. The van der Waals surface area contributed by atoms with Crippen LogP contribution in [0.4, 0.5) is 8.78 Å². The van der Waals surface area contributed by atoms with E-state index in [0.717, 1.165) is 31.0 Å². The zero-order valence-electron chi connectivity index (χ0n) is 19.7. The molecule has 2 aliphatic heterocycles. The smallest absolute Gasteiger partial charge is 0.213 e. The monoisotopic (exact) mass is 497 g/mol. The highest BCUT2D eigenvalue weighted by Gasteiger charge is 2.35. The third-order valence-electron chi connectivity index (χ3n) is 6.89. The molecule has 1 aromatic carbocycles. The number of piperidine rings is 1. The zero-order chi connectivity index (χ0) is 24.7. The van der Waals surface area contributed by atoms with Gasteiger partial charge >= 0.3 is 0 Å². The first-order valence-electron chi connectivity index (χ1n) is 11.7. The maximum Gasteiger partial charge on any atom is 0.213 e. The molecule has 1 saturated heterocycles. The molecule has 7 nitrogen and oxygen atoms in total. The summed E-state index contributed by atoms with van der Waals surface area (Å²) >= 11 is 0. The number of methoxy groups -OCH3 is 1. The molecule has 0 amide bonds. The molecule has 0 aliphatic carbocycles. The highest BCUT2D eigenvalue weighted by atomic mass is 28.1. The Morgan fingerprint density at radius 1 is 1.37 bits per heavy atom. The van der Waals surface area contributed by atoms with E-state index < -0.39 is 16.8 Å². The molecule has 1 N–H and O–H groups in total. The Bertz CT molecular complexity index is 1330. The van der Waals surface area contributed by atoms with Crippen LogP contribution in [0, 0.1) is 11.6 Å². The highest BCUT2D eigenvalue weighted by Crippen LogP contribution is 2.36. The van der Waals surface area contributed by atoms with Crippen LogP contribution >= 0.6 is 0 Å². The summed E-state index contributed by atoms with van der Waals surface area (Å²) in [6.45, 7) is 4.59. The van der Waals surface area contributed by atoms with Crippen LogP contribution in [0.1, 0.15) is 36.9 Å². The summed E-state index contributed by atoms with van der Waals surface area (Å²) in [5.74, 6) is -1.83. The van der Waals surface area contributed by atoms with Gasteiger partial charge < -0.3 is 19.4 Å². The van der Waals surface area contributed by atoms with Crippen molar-refractivity contribution in [1.29, 1.82) is 0 Å². The predicted octanol–water partition coefficient (Wildman–Crippen LogP) is 2.89. The highest BCUT2D eigenvalue weighted by molar-refractivity contribution is 6.15. The molecule has 3 radical (unpaired) electrons. The SMILES string of the molecule is COc1cc(CN(Cc2cn3c4c(c(F)c(F)cc4c2=O)OCC3C)[C@]2([Si])CCCNC2)ccn1. The minimum atomic E-state index is -1.09. The molecule has 3 aromatic rings. The van der Waals surface area contributed by atoms with Crippen LogP contribution in [0.15, 0.2) is 35.4 Å². The fourth-order valence-corrected chi connectivity index (χ4v) is 5.43. The van der Waals surface area contributed by atoms with E-state index in [0.29, 0.717) is 36.6 Å². The van der Waals surface area contributed by atoms with Gasteiger partial charge in [-0.15, -0.1) is 0 Å². The van der Waals surface area contributed by atoms with Crippen LogP contribution in [0.3, 0.4) is 0 Å². The first kappa shape index (κ1) is 23.9. The van der Waals surface area contributed by atoms with Crippen molar-refractivity contribution in [2.45, 2.75) is 44.1 Å². The maximum absolute atomic E-state index is 14.5. The van der Waals surface area contributed by atoms with Crippen molar-refractivity contribution in [3.8, 4) is 11.6 Å². The Balaban J connectivity index is 1.60. The summed E-state index contributed by atoms with van der Waals surface area (Å²) in [4.78, 5) is 20.0. The minimum absolute atomic E-state index is 0.123. The lowest BCUT2D eigenvalue weighted by molar-refractivity contribution is 0.113. The summed E-state index contributed by atoms with van der Waals surface area (Å²) < 4.78 is 41.5. The number of benzene rings is 1. The molecule has 0 bridgehead atoms. The van der Waals surface area contributed by atoms with E-state index in [1.54, 1.807) is 19.5 Å². The molecule has 1 fully saturated rings. The van der Waals surface area contributed by atoms with E-state index in [-0.39, 0.29) is 29.2 Å². The number of pyridine rings is 2. The molecule has 2 atom stereocenters. The topological polar surface area (TPSA) is 68.6 Å². The second kappa shape index (κ2) is 9.33. The maximum atomic E-state index is 14.5. The van der Waals surface area contributed by atoms with Gasteiger partial charge in [-0.05, 0) is 44.0 Å². The lowest BCUT2D eigenvalue weighted by Crippen LogP contribution is -2.58. The molecule has 0 saturated carbocycles. The summed E-state index contributed by atoms with van der Waals surface area (Å²) in [7, 11) is 5.59. The molecule has 2 aromatic heterocycles. The molecule has 5 rings (SSSR count). The van der Waals surface area contributed by atoms with Gasteiger partial charge in [0.05, 0.1) is 34.3 Å². The second-order valence-electron chi connectivity index (χ2n) is 9.32. The molecule has 2 aliphatic rings. The Hall–Kier alpha value is -2.82. The Labute approximate surface area is 205 Å². The van der Waals surface area contributed by atoms with Crippen molar-refractivity contribution < 1.29 is 18.3 Å². The largest absolute Gasteiger partial charge is 0.486 e. The molecule has 1 unspecified atom stereocenters. The van der Waals surface area contributed by atoms with Crippen LogP contribution in [0.25, 0.3) is 10.9 Å². The van der Waals surface area contributed by atoms with Gasteiger partial charge in [-0.2, -0.15) is 4.39 Å². The van der Waals surface area contributed by atoms with Crippen molar-refractivity contribution in [2.75, 3.05) is 26.8 Å². The number of aromatic nitrogens is 2. The molecule has 4 heterocycles. The van der Waals surface area contributed by atoms with E-state index in [9.17, 15) is 13.6 Å². The minimum Gasteiger partial charge on any atom is -0.486 e. The van der Waals surface area contributed by atoms with Gasteiger partial charge in [-0.3, -0.25) is 9.69 Å². The normalized spacial score (nSPS) is 21.8. The van der Waals surface area contributed by atoms with Crippen molar-refractivity contribution in [2.24, 2.45) is 0 Å². The number of nitrogens with one attached hydrogen (secondary N) is 1. The summed E-state index contributed by atoms with van der Waals surface area (Å²) in [6.07, 6.45) is 5.32. The van der Waals surface area contributed by atoms with Gasteiger partial charge in [0.1, 0.15) is 6.61 Å². The standard InChI is InChI=1S/C25H27F2N4O3Si/c1-15-13-34-24-21(27)19(26)9-18-22(24)31(15)12-17(23(18)32)11-30(25(35)5-3-6-28-14-25)10-16-4-7-29-20(8-16)33-2/h4,7-9,12,15,28H,3,5-6,10-11,13-14H2,1-2H3/t15?,25-/m0/s1. The van der Waals surface area contributed by atoms with Crippen LogP contribution < -0.4 is 20.2 Å². The molecule has 35 heavy (non-hydrogen) atoms. The Morgan fingerprint density at radius 2 is 2.20 bits per heavy atom. The average Bonchev–Trinajstić information content (AvgIpc) is 2.86. The third-order valence-corrected chi connectivity index (χ3v) is 7.64. The van der Waals surface area contributed by atoms with E-state index >= 15 is 0 Å². The lowest BCUT2D eigenvalue weighted by atomic mass is 10.0. The third kappa shape index (κ3) is 4.34. The number of hydrogen-bond acceptors (Lipinski definition) is 6. The molecule has 183 valence electrons. The lowest BCUT2D eigenvalue weighted by Gasteiger charge is -2.44. The van der Waals surface area contributed by atoms with E-state index in [2.05, 4.69) is 25.4 Å². The van der Waals surface area contributed by atoms with E-state index in [1.165, 1.54) is 0 Å². The fraction of sp³-hybridized carbons (Fsp3) is 0.440. The van der Waals surface area contributed by atoms with Crippen molar-refractivity contribution in [3.63, 3.8) is 0 Å². The van der Waals surface area contributed by atoms with Crippen LogP contribution in [0.2, 0.25) is 0 Å². The number of hydrogen-bond donors (Lipinski definition) is 1. The van der Waals surface area contributed by atoms with Gasteiger partial charge in [-0.25, -0.2) is 9.37 Å². The molecule has 10 heteroatoms. The van der Waals surface area contributed by atoms with Crippen molar-refractivity contribution in [1.82, 2.24) is 19.8 Å². The fourth-order valence-electron chi connectivity index (χ4n) is 4.97. The predicted molar refractivity (Wildman–Crippen MR) is 129 cm³/mol.